The van der Waals surface area contributed by atoms with Gasteiger partial charge in [0.1, 0.15) is 6.04 Å². The van der Waals surface area contributed by atoms with Crippen LogP contribution in [-0.2, 0) is 14.8 Å². The smallest absolute Gasteiger partial charge is 0.252 e. The Hall–Kier alpha value is -1.93. The summed E-state index contributed by atoms with van der Waals surface area (Å²) < 4.78 is 26.6. The first-order chi connectivity index (χ1) is 13.6. The third-order valence-corrected chi connectivity index (χ3v) is 6.87. The second-order valence-electron chi connectivity index (χ2n) is 8.05. The molecule has 2 N–H and O–H groups in total. The summed E-state index contributed by atoms with van der Waals surface area (Å²) in [5, 5.41) is 2.90. The van der Waals surface area contributed by atoms with Crippen LogP contribution in [0.25, 0.3) is 0 Å². The summed E-state index contributed by atoms with van der Waals surface area (Å²) in [6.07, 6.45) is 1.72. The number of sulfonamides is 1. The summed E-state index contributed by atoms with van der Waals surface area (Å²) in [5.74, 6) is -0.308. The van der Waals surface area contributed by atoms with Gasteiger partial charge in [-0.05, 0) is 43.7 Å². The monoisotopic (exact) mass is 423 g/mol. The van der Waals surface area contributed by atoms with E-state index in [0.29, 0.717) is 37.9 Å². The van der Waals surface area contributed by atoms with Crippen molar-refractivity contribution in [1.29, 1.82) is 0 Å². The zero-order valence-electron chi connectivity index (χ0n) is 17.8. The van der Waals surface area contributed by atoms with Crippen LogP contribution in [0.4, 0.5) is 0 Å². The molecular weight excluding hydrogens is 390 g/mol. The highest BCUT2D eigenvalue weighted by atomic mass is 32.2. The molecule has 1 aromatic carbocycles. The minimum atomic E-state index is -3.26. The normalized spacial score (nSPS) is 16.7. The number of rotatable bonds is 8. The lowest BCUT2D eigenvalue weighted by atomic mass is 9.99. The quantitative estimate of drug-likeness (QED) is 0.669. The van der Waals surface area contributed by atoms with Gasteiger partial charge in [-0.1, -0.05) is 39.0 Å². The van der Waals surface area contributed by atoms with E-state index in [-0.39, 0.29) is 29.5 Å². The molecular formula is C21H33N3O4S. The van der Waals surface area contributed by atoms with E-state index >= 15 is 0 Å². The number of hydrogen-bond donors (Lipinski definition) is 2. The maximum atomic E-state index is 13.1. The van der Waals surface area contributed by atoms with Crippen molar-refractivity contribution in [2.24, 2.45) is 5.92 Å². The average molecular weight is 424 g/mol. The molecule has 1 heterocycles. The zero-order valence-corrected chi connectivity index (χ0v) is 18.6. The third-order valence-electron chi connectivity index (χ3n) is 5.23. The number of aryl methyl sites for hydroxylation is 1. The topological polar surface area (TPSA) is 95.6 Å². The van der Waals surface area contributed by atoms with E-state index in [4.69, 9.17) is 0 Å². The summed E-state index contributed by atoms with van der Waals surface area (Å²) in [7, 11) is -3.26. The molecule has 0 spiro atoms. The maximum Gasteiger partial charge on any atom is 0.252 e. The highest BCUT2D eigenvalue weighted by molar-refractivity contribution is 7.89. The van der Waals surface area contributed by atoms with Crippen molar-refractivity contribution in [3.8, 4) is 0 Å². The number of nitrogens with zero attached hydrogens (tertiary/aromatic N) is 1. The molecule has 29 heavy (non-hydrogen) atoms. The average Bonchev–Trinajstić information content (AvgIpc) is 2.65. The fourth-order valence-corrected chi connectivity index (χ4v) is 4.96. The van der Waals surface area contributed by atoms with Gasteiger partial charge in [-0.3, -0.25) is 9.59 Å². The van der Waals surface area contributed by atoms with E-state index in [0.717, 1.165) is 5.56 Å². The number of carbonyl (C=O) groups is 2. The van der Waals surface area contributed by atoms with Crippen LogP contribution in [-0.4, -0.2) is 56.1 Å². The summed E-state index contributed by atoms with van der Waals surface area (Å²) in [6, 6.07) is 6.53. The Labute approximate surface area is 174 Å². The Kier molecular flexibility index (Phi) is 8.22. The van der Waals surface area contributed by atoms with E-state index in [9.17, 15) is 18.0 Å². The highest BCUT2D eigenvalue weighted by Gasteiger charge is 2.32. The predicted octanol–water partition coefficient (Wildman–Crippen LogP) is 2.07. The highest BCUT2D eigenvalue weighted by Crippen LogP contribution is 2.16. The Balaban J connectivity index is 1.98. The van der Waals surface area contributed by atoms with Crippen molar-refractivity contribution in [1.82, 2.24) is 14.9 Å². The molecule has 1 aliphatic heterocycles. The number of piperidine rings is 1. The zero-order chi connectivity index (χ0) is 21.6. The van der Waals surface area contributed by atoms with Crippen molar-refractivity contribution >= 4 is 21.8 Å². The van der Waals surface area contributed by atoms with E-state index < -0.39 is 16.1 Å². The van der Waals surface area contributed by atoms with Crippen LogP contribution >= 0.6 is 0 Å². The second-order valence-corrected chi connectivity index (χ2v) is 9.92. The summed E-state index contributed by atoms with van der Waals surface area (Å²) in [5.41, 5.74) is 1.43. The van der Waals surface area contributed by atoms with Crippen LogP contribution in [0.1, 0.15) is 56.0 Å². The lowest BCUT2D eigenvalue weighted by Crippen LogP contribution is -2.54. The van der Waals surface area contributed by atoms with Crippen LogP contribution in [0.3, 0.4) is 0 Å². The fourth-order valence-electron chi connectivity index (χ4n) is 3.56. The van der Waals surface area contributed by atoms with Gasteiger partial charge >= 0.3 is 0 Å². The molecule has 0 saturated carbocycles. The minimum Gasteiger partial charge on any atom is -0.341 e. The van der Waals surface area contributed by atoms with Gasteiger partial charge in [0, 0.05) is 24.7 Å². The summed E-state index contributed by atoms with van der Waals surface area (Å²) in [6.45, 7) is 8.46. The van der Waals surface area contributed by atoms with Gasteiger partial charge in [0.15, 0.2) is 0 Å². The number of hydrogen-bond acceptors (Lipinski definition) is 4. The molecule has 1 aliphatic rings. The van der Waals surface area contributed by atoms with Crippen LogP contribution in [0.2, 0.25) is 0 Å². The molecule has 7 nitrogen and oxygen atoms in total. The summed E-state index contributed by atoms with van der Waals surface area (Å²) in [4.78, 5) is 27.5. The molecule has 1 atom stereocenters. The van der Waals surface area contributed by atoms with Gasteiger partial charge in [-0.2, -0.15) is 0 Å². The molecule has 0 radical (unpaired) electrons. The summed E-state index contributed by atoms with van der Waals surface area (Å²) >= 11 is 0. The molecule has 162 valence electrons. The van der Waals surface area contributed by atoms with E-state index in [1.165, 1.54) is 0 Å². The Morgan fingerprint density at radius 1 is 1.17 bits per heavy atom. The van der Waals surface area contributed by atoms with Crippen LogP contribution in [0.15, 0.2) is 24.3 Å². The van der Waals surface area contributed by atoms with E-state index in [1.54, 1.807) is 17.0 Å². The molecule has 0 aliphatic carbocycles. The van der Waals surface area contributed by atoms with Gasteiger partial charge in [0.05, 0.1) is 5.75 Å². The molecule has 1 aromatic rings. The van der Waals surface area contributed by atoms with E-state index in [2.05, 4.69) is 10.0 Å². The molecule has 0 bridgehead atoms. The maximum absolute atomic E-state index is 13.1. The number of benzene rings is 1. The van der Waals surface area contributed by atoms with Gasteiger partial charge < -0.3 is 10.2 Å². The van der Waals surface area contributed by atoms with E-state index in [1.807, 2.05) is 39.8 Å². The fraction of sp³-hybridized carbons (Fsp3) is 0.619. The molecule has 2 amide bonds. The standard InChI is InChI=1S/C21H33N3O4S/c1-5-14-29(27,28)23-17-10-12-24(13-11-17)21(26)19(15(2)3)22-20(25)18-9-7-6-8-16(18)4/h6-9,15,17,19,23H,5,10-14H2,1-4H3,(H,22,25). The number of likely N-dealkylation sites (tertiary alicyclic amines) is 1. The Bertz CT molecular complexity index is 815. The van der Waals surface area contributed by atoms with Gasteiger partial charge in [-0.15, -0.1) is 0 Å². The Morgan fingerprint density at radius 2 is 1.79 bits per heavy atom. The number of carbonyl (C=O) groups excluding carboxylic acids is 2. The first-order valence-corrected chi connectivity index (χ1v) is 11.9. The predicted molar refractivity (Wildman–Crippen MR) is 114 cm³/mol. The lowest BCUT2D eigenvalue weighted by molar-refractivity contribution is -0.135. The molecule has 2 rings (SSSR count). The van der Waals surface area contributed by atoms with Gasteiger partial charge in [-0.25, -0.2) is 13.1 Å². The Morgan fingerprint density at radius 3 is 2.34 bits per heavy atom. The molecule has 1 unspecified atom stereocenters. The second kappa shape index (κ2) is 10.2. The van der Waals surface area contributed by atoms with Crippen molar-refractivity contribution in [2.45, 2.75) is 59.0 Å². The van der Waals surface area contributed by atoms with Gasteiger partial charge in [0.2, 0.25) is 15.9 Å². The first-order valence-electron chi connectivity index (χ1n) is 10.3. The molecule has 8 heteroatoms. The first kappa shape index (κ1) is 23.3. The third kappa shape index (κ3) is 6.54. The van der Waals surface area contributed by atoms with Crippen molar-refractivity contribution in [3.05, 3.63) is 35.4 Å². The van der Waals surface area contributed by atoms with Crippen LogP contribution in [0, 0.1) is 12.8 Å². The minimum absolute atomic E-state index is 0.0590. The van der Waals surface area contributed by atoms with Crippen molar-refractivity contribution in [3.63, 3.8) is 0 Å². The van der Waals surface area contributed by atoms with Crippen LogP contribution in [0.5, 0.6) is 0 Å². The van der Waals surface area contributed by atoms with Crippen LogP contribution < -0.4 is 10.0 Å². The van der Waals surface area contributed by atoms with Crippen molar-refractivity contribution in [2.75, 3.05) is 18.8 Å². The molecule has 0 aromatic heterocycles. The number of amides is 2. The lowest BCUT2D eigenvalue weighted by Gasteiger charge is -2.35. The number of nitrogens with one attached hydrogen (secondary N) is 2. The SMILES string of the molecule is CCCS(=O)(=O)NC1CCN(C(=O)C(NC(=O)c2ccccc2C)C(C)C)CC1. The molecule has 1 saturated heterocycles. The molecule has 1 fully saturated rings. The van der Waals surface area contributed by atoms with Crippen molar-refractivity contribution < 1.29 is 18.0 Å². The van der Waals surface area contributed by atoms with Gasteiger partial charge in [0.25, 0.3) is 5.91 Å². The largest absolute Gasteiger partial charge is 0.341 e.